The minimum atomic E-state index is 0.0465. The number of benzene rings is 2. The molecule has 0 radical (unpaired) electrons. The van der Waals surface area contributed by atoms with Crippen molar-refractivity contribution in [1.82, 2.24) is 4.90 Å². The number of thioether (sulfide) groups is 1. The molecular formula is C25H33NO3S. The van der Waals surface area contributed by atoms with E-state index in [1.54, 1.807) is 7.11 Å². The van der Waals surface area contributed by atoms with Crippen molar-refractivity contribution in [2.75, 3.05) is 19.4 Å². The lowest BCUT2D eigenvalue weighted by atomic mass is 9.97. The van der Waals surface area contributed by atoms with Gasteiger partial charge in [-0.05, 0) is 36.1 Å². The first-order valence-electron chi connectivity index (χ1n) is 10.9. The molecule has 2 aromatic carbocycles. The maximum atomic E-state index is 13.2. The van der Waals surface area contributed by atoms with Gasteiger partial charge >= 0.3 is 0 Å². The maximum absolute atomic E-state index is 13.2. The highest BCUT2D eigenvalue weighted by Crippen LogP contribution is 2.42. The Morgan fingerprint density at radius 3 is 2.67 bits per heavy atom. The van der Waals surface area contributed by atoms with E-state index in [2.05, 4.69) is 24.8 Å². The zero-order valence-corrected chi connectivity index (χ0v) is 19.1. The average molecular weight is 428 g/mol. The molecule has 1 fully saturated rings. The van der Waals surface area contributed by atoms with Gasteiger partial charge in [-0.1, -0.05) is 63.1 Å². The Kier molecular flexibility index (Phi) is 8.50. The second-order valence-corrected chi connectivity index (χ2v) is 8.87. The van der Waals surface area contributed by atoms with E-state index in [9.17, 15) is 4.79 Å². The molecule has 0 bridgehead atoms. The number of rotatable bonds is 10. The summed E-state index contributed by atoms with van der Waals surface area (Å²) in [7, 11) is 1.66. The molecule has 1 aliphatic rings. The predicted molar refractivity (Wildman–Crippen MR) is 124 cm³/mol. The molecule has 0 aliphatic carbocycles. The third-order valence-corrected chi connectivity index (χ3v) is 6.89. The molecule has 4 nitrogen and oxygen atoms in total. The fourth-order valence-corrected chi connectivity index (χ4v) is 5.11. The molecular weight excluding hydrogens is 394 g/mol. The van der Waals surface area contributed by atoms with Gasteiger partial charge in [-0.2, -0.15) is 0 Å². The van der Waals surface area contributed by atoms with Gasteiger partial charge in [-0.15, -0.1) is 11.8 Å². The van der Waals surface area contributed by atoms with E-state index < -0.39 is 0 Å². The molecule has 3 rings (SSSR count). The van der Waals surface area contributed by atoms with Crippen LogP contribution < -0.4 is 9.47 Å². The molecule has 1 saturated heterocycles. The molecule has 2 unspecified atom stereocenters. The van der Waals surface area contributed by atoms with Crippen LogP contribution >= 0.6 is 11.8 Å². The Labute approximate surface area is 184 Å². The smallest absolute Gasteiger partial charge is 0.226 e. The Balaban J connectivity index is 1.73. The molecule has 1 aliphatic heterocycles. The van der Waals surface area contributed by atoms with E-state index in [0.717, 1.165) is 54.9 Å². The first kappa shape index (κ1) is 22.5. The van der Waals surface area contributed by atoms with Crippen molar-refractivity contribution in [2.24, 2.45) is 5.92 Å². The van der Waals surface area contributed by atoms with Crippen molar-refractivity contribution in [3.63, 3.8) is 0 Å². The SMILES string of the molecule is CCCCC(CC)C(=O)N1CCSC1c1ccc(OCc2ccccc2)c(OC)c1. The first-order chi connectivity index (χ1) is 14.7. The van der Waals surface area contributed by atoms with E-state index in [1.807, 2.05) is 54.2 Å². The summed E-state index contributed by atoms with van der Waals surface area (Å²) in [4.78, 5) is 15.3. The van der Waals surface area contributed by atoms with E-state index in [-0.39, 0.29) is 11.3 Å². The van der Waals surface area contributed by atoms with E-state index in [1.165, 1.54) is 0 Å². The molecule has 30 heavy (non-hydrogen) atoms. The van der Waals surface area contributed by atoms with Crippen LogP contribution in [0.3, 0.4) is 0 Å². The highest BCUT2D eigenvalue weighted by Gasteiger charge is 2.34. The summed E-state index contributed by atoms with van der Waals surface area (Å²) in [6.45, 7) is 5.61. The summed E-state index contributed by atoms with van der Waals surface area (Å²) in [6.07, 6.45) is 4.12. The molecule has 162 valence electrons. The number of methoxy groups -OCH3 is 1. The van der Waals surface area contributed by atoms with Crippen molar-refractivity contribution in [3.05, 3.63) is 59.7 Å². The fourth-order valence-electron chi connectivity index (χ4n) is 3.85. The largest absolute Gasteiger partial charge is 0.493 e. The minimum Gasteiger partial charge on any atom is -0.493 e. The van der Waals surface area contributed by atoms with Crippen molar-refractivity contribution in [1.29, 1.82) is 0 Å². The van der Waals surface area contributed by atoms with Gasteiger partial charge in [0.1, 0.15) is 12.0 Å². The number of ether oxygens (including phenoxy) is 2. The quantitative estimate of drug-likeness (QED) is 0.462. The summed E-state index contributed by atoms with van der Waals surface area (Å²) in [5.74, 6) is 2.82. The van der Waals surface area contributed by atoms with E-state index in [4.69, 9.17) is 9.47 Å². The van der Waals surface area contributed by atoms with Crippen molar-refractivity contribution in [3.8, 4) is 11.5 Å². The summed E-state index contributed by atoms with van der Waals surface area (Å²) in [5, 5.41) is 0.0465. The van der Waals surface area contributed by atoms with Crippen LogP contribution in [0.1, 0.15) is 56.0 Å². The zero-order chi connectivity index (χ0) is 21.3. The molecule has 0 N–H and O–H groups in total. The second-order valence-electron chi connectivity index (χ2n) is 7.69. The van der Waals surface area contributed by atoms with Gasteiger partial charge in [0.15, 0.2) is 11.5 Å². The fraction of sp³-hybridized carbons (Fsp3) is 0.480. The topological polar surface area (TPSA) is 38.8 Å². The van der Waals surface area contributed by atoms with Crippen LogP contribution in [-0.2, 0) is 11.4 Å². The lowest BCUT2D eigenvalue weighted by Gasteiger charge is -2.28. The van der Waals surface area contributed by atoms with E-state index in [0.29, 0.717) is 18.3 Å². The molecule has 1 heterocycles. The number of carbonyl (C=O) groups is 1. The van der Waals surface area contributed by atoms with Gasteiger partial charge in [0.2, 0.25) is 5.91 Å². The van der Waals surface area contributed by atoms with Crippen LogP contribution in [0.4, 0.5) is 0 Å². The van der Waals surface area contributed by atoms with Crippen LogP contribution in [0.25, 0.3) is 0 Å². The summed E-state index contributed by atoms with van der Waals surface area (Å²) >= 11 is 1.83. The van der Waals surface area contributed by atoms with Crippen molar-refractivity contribution < 1.29 is 14.3 Å². The standard InChI is InChI=1S/C25H33NO3S/c1-4-6-12-20(5-2)24(27)26-15-16-30-25(26)21-13-14-22(23(17-21)28-3)29-18-19-10-8-7-9-11-19/h7-11,13-14,17,20,25H,4-6,12,15-16,18H2,1-3H3. The van der Waals surface area contributed by atoms with Crippen LogP contribution in [0.15, 0.2) is 48.5 Å². The molecule has 2 aromatic rings. The monoisotopic (exact) mass is 427 g/mol. The predicted octanol–water partition coefficient (Wildman–Crippen LogP) is 6.06. The van der Waals surface area contributed by atoms with Gasteiger partial charge in [0, 0.05) is 18.2 Å². The summed E-state index contributed by atoms with van der Waals surface area (Å²) in [6, 6.07) is 16.2. The number of amides is 1. The number of hydrogen-bond acceptors (Lipinski definition) is 4. The van der Waals surface area contributed by atoms with E-state index >= 15 is 0 Å². The van der Waals surface area contributed by atoms with Crippen molar-refractivity contribution in [2.45, 2.75) is 51.5 Å². The number of unbranched alkanes of at least 4 members (excludes halogenated alkanes) is 1. The summed E-state index contributed by atoms with van der Waals surface area (Å²) < 4.78 is 11.6. The van der Waals surface area contributed by atoms with Gasteiger partial charge in [-0.25, -0.2) is 0 Å². The normalized spacial score (nSPS) is 17.0. The van der Waals surface area contributed by atoms with Gasteiger partial charge in [0.25, 0.3) is 0 Å². The third kappa shape index (κ3) is 5.51. The molecule has 1 amide bonds. The lowest BCUT2D eigenvalue weighted by Crippen LogP contribution is -2.35. The first-order valence-corrected chi connectivity index (χ1v) is 12.0. The molecule has 0 saturated carbocycles. The highest BCUT2D eigenvalue weighted by atomic mass is 32.2. The van der Waals surface area contributed by atoms with Crippen molar-refractivity contribution >= 4 is 17.7 Å². The summed E-state index contributed by atoms with van der Waals surface area (Å²) in [5.41, 5.74) is 2.21. The number of hydrogen-bond donors (Lipinski definition) is 0. The molecule has 2 atom stereocenters. The van der Waals surface area contributed by atoms with Crippen LogP contribution in [0.2, 0.25) is 0 Å². The third-order valence-electron chi connectivity index (χ3n) is 5.63. The highest BCUT2D eigenvalue weighted by molar-refractivity contribution is 7.99. The van der Waals surface area contributed by atoms with Gasteiger partial charge < -0.3 is 14.4 Å². The Morgan fingerprint density at radius 1 is 1.17 bits per heavy atom. The molecule has 0 spiro atoms. The molecule has 0 aromatic heterocycles. The minimum absolute atomic E-state index is 0.0465. The second kappa shape index (κ2) is 11.3. The Bertz CT molecular complexity index is 811. The molecule has 5 heteroatoms. The average Bonchev–Trinajstić information content (AvgIpc) is 3.28. The number of nitrogens with zero attached hydrogens (tertiary/aromatic N) is 1. The Hall–Kier alpha value is -2.14. The number of carbonyl (C=O) groups excluding carboxylic acids is 1. The zero-order valence-electron chi connectivity index (χ0n) is 18.3. The Morgan fingerprint density at radius 2 is 1.97 bits per heavy atom. The van der Waals surface area contributed by atoms with Crippen LogP contribution in [0, 0.1) is 5.92 Å². The van der Waals surface area contributed by atoms with Crippen LogP contribution in [-0.4, -0.2) is 30.2 Å². The van der Waals surface area contributed by atoms with Gasteiger partial charge in [-0.3, -0.25) is 4.79 Å². The van der Waals surface area contributed by atoms with Crippen LogP contribution in [0.5, 0.6) is 11.5 Å². The maximum Gasteiger partial charge on any atom is 0.226 e. The lowest BCUT2D eigenvalue weighted by molar-refractivity contribution is -0.136. The van der Waals surface area contributed by atoms with Gasteiger partial charge in [0.05, 0.1) is 7.11 Å².